The van der Waals surface area contributed by atoms with Gasteiger partial charge in [0, 0.05) is 37.4 Å². The van der Waals surface area contributed by atoms with E-state index in [4.69, 9.17) is 4.74 Å². The van der Waals surface area contributed by atoms with Gasteiger partial charge in [0.25, 0.3) is 5.91 Å². The Morgan fingerprint density at radius 1 is 1.40 bits per heavy atom. The van der Waals surface area contributed by atoms with Crippen molar-refractivity contribution in [2.24, 2.45) is 0 Å². The van der Waals surface area contributed by atoms with E-state index in [1.54, 1.807) is 14.0 Å². The number of ether oxygens (including phenoxy) is 1. The highest BCUT2D eigenvalue weighted by Gasteiger charge is 2.22. The molecule has 0 aliphatic carbocycles. The van der Waals surface area contributed by atoms with Crippen LogP contribution in [0.1, 0.15) is 23.7 Å². The zero-order valence-corrected chi connectivity index (χ0v) is 17.6. The number of rotatable bonds is 6. The van der Waals surface area contributed by atoms with E-state index in [9.17, 15) is 9.90 Å². The van der Waals surface area contributed by atoms with E-state index in [0.717, 1.165) is 10.7 Å². The van der Waals surface area contributed by atoms with E-state index >= 15 is 0 Å². The number of halogens is 3. The van der Waals surface area contributed by atoms with E-state index in [1.165, 1.54) is 0 Å². The maximum absolute atomic E-state index is 12.2. The molecule has 20 heavy (non-hydrogen) atoms. The normalized spacial score (nSPS) is 13.9. The molecule has 1 aromatic rings. The number of nitrogens with one attached hydrogen (secondary N) is 1. The second-order valence-corrected chi connectivity index (χ2v) is 8.16. The third-order valence-corrected chi connectivity index (χ3v) is 6.38. The smallest absolute Gasteiger partial charge is 0.252 e. The molecular weight excluding hydrogens is 599 g/mol. The zero-order valence-electron chi connectivity index (χ0n) is 11.2. The standard InChI is InChI=1S/C13H16I3NO3/c1-13(19,3-4-20-2)7-17-12(18)9-5-8(14)6-10(15)11(9)16/h5-6,19H,3-4,7H2,1-2H3,(H,17,18). The lowest BCUT2D eigenvalue weighted by atomic mass is 10.0. The molecule has 1 amide bonds. The number of aliphatic hydroxyl groups is 1. The highest BCUT2D eigenvalue weighted by atomic mass is 127. The molecule has 1 unspecified atom stereocenters. The summed E-state index contributed by atoms with van der Waals surface area (Å²) in [5.74, 6) is -0.163. The molecule has 1 atom stereocenters. The van der Waals surface area contributed by atoms with Gasteiger partial charge < -0.3 is 15.2 Å². The van der Waals surface area contributed by atoms with Crippen LogP contribution in [0.3, 0.4) is 0 Å². The first-order chi connectivity index (χ1) is 9.26. The summed E-state index contributed by atoms with van der Waals surface area (Å²) in [5.41, 5.74) is -0.323. The fourth-order valence-electron chi connectivity index (χ4n) is 1.50. The molecule has 0 radical (unpaired) electrons. The second kappa shape index (κ2) is 8.44. The summed E-state index contributed by atoms with van der Waals surface area (Å²) < 4.78 is 7.94. The molecule has 7 heteroatoms. The van der Waals surface area contributed by atoms with Crippen LogP contribution in [-0.4, -0.2) is 36.9 Å². The largest absolute Gasteiger partial charge is 0.388 e. The molecule has 0 aromatic heterocycles. The van der Waals surface area contributed by atoms with E-state index in [-0.39, 0.29) is 12.5 Å². The third-order valence-electron chi connectivity index (χ3n) is 2.71. The summed E-state index contributed by atoms with van der Waals surface area (Å²) in [7, 11) is 1.59. The Morgan fingerprint density at radius 3 is 2.65 bits per heavy atom. The van der Waals surface area contributed by atoms with Crippen molar-refractivity contribution in [3.05, 3.63) is 28.4 Å². The molecule has 4 nitrogen and oxygen atoms in total. The molecule has 0 spiro atoms. The van der Waals surface area contributed by atoms with Crippen molar-refractivity contribution in [3.63, 3.8) is 0 Å². The van der Waals surface area contributed by atoms with Crippen molar-refractivity contribution in [1.29, 1.82) is 0 Å². The van der Waals surface area contributed by atoms with Gasteiger partial charge in [-0.05, 0) is 86.8 Å². The van der Waals surface area contributed by atoms with Crippen molar-refractivity contribution < 1.29 is 14.6 Å². The SMILES string of the molecule is COCCC(C)(O)CNC(=O)c1cc(I)cc(I)c1I. The van der Waals surface area contributed by atoms with Gasteiger partial charge in [0.2, 0.25) is 0 Å². The summed E-state index contributed by atoms with van der Waals surface area (Å²) in [5, 5.41) is 12.9. The van der Waals surface area contributed by atoms with Gasteiger partial charge in [0.05, 0.1) is 11.2 Å². The maximum Gasteiger partial charge on any atom is 0.252 e. The Labute approximate surface area is 159 Å². The van der Waals surface area contributed by atoms with Crippen LogP contribution in [-0.2, 0) is 4.74 Å². The first-order valence-electron chi connectivity index (χ1n) is 5.91. The van der Waals surface area contributed by atoms with E-state index in [2.05, 4.69) is 73.1 Å². The summed E-state index contributed by atoms with van der Waals surface area (Å²) in [6, 6.07) is 3.87. The van der Waals surface area contributed by atoms with Crippen molar-refractivity contribution in [1.82, 2.24) is 5.32 Å². The van der Waals surface area contributed by atoms with Gasteiger partial charge in [-0.2, -0.15) is 0 Å². The highest BCUT2D eigenvalue weighted by molar-refractivity contribution is 14.1. The van der Waals surface area contributed by atoms with Crippen molar-refractivity contribution in [2.75, 3.05) is 20.3 Å². The average molecular weight is 615 g/mol. The van der Waals surface area contributed by atoms with Crippen LogP contribution in [0.25, 0.3) is 0 Å². The summed E-state index contributed by atoms with van der Waals surface area (Å²) in [6.45, 7) is 2.35. The average Bonchev–Trinajstić information content (AvgIpc) is 2.38. The number of benzene rings is 1. The number of hydrogen-bond acceptors (Lipinski definition) is 3. The molecular formula is C13H16I3NO3. The fraction of sp³-hybridized carbons (Fsp3) is 0.462. The second-order valence-electron chi connectivity index (χ2n) is 4.67. The topological polar surface area (TPSA) is 58.6 Å². The van der Waals surface area contributed by atoms with Crippen molar-refractivity contribution in [2.45, 2.75) is 18.9 Å². The third kappa shape index (κ3) is 5.89. The Bertz CT molecular complexity index is 492. The number of carbonyl (C=O) groups excluding carboxylic acids is 1. The van der Waals surface area contributed by atoms with E-state index in [1.807, 2.05) is 12.1 Å². The van der Waals surface area contributed by atoms with Crippen molar-refractivity contribution >= 4 is 73.7 Å². The molecule has 0 bridgehead atoms. The molecule has 1 rings (SSSR count). The molecule has 2 N–H and O–H groups in total. The molecule has 0 fully saturated rings. The molecule has 0 aliphatic rings. The first-order valence-corrected chi connectivity index (χ1v) is 9.14. The fourth-order valence-corrected chi connectivity index (χ4v) is 3.90. The minimum absolute atomic E-state index is 0.163. The minimum atomic E-state index is -0.966. The van der Waals surface area contributed by atoms with Crippen LogP contribution in [0.5, 0.6) is 0 Å². The number of hydrogen-bond donors (Lipinski definition) is 2. The van der Waals surface area contributed by atoms with Crippen LogP contribution in [0.2, 0.25) is 0 Å². The van der Waals surface area contributed by atoms with Gasteiger partial charge in [-0.1, -0.05) is 0 Å². The highest BCUT2D eigenvalue weighted by Crippen LogP contribution is 2.23. The van der Waals surface area contributed by atoms with Crippen LogP contribution in [0.15, 0.2) is 12.1 Å². The molecule has 0 saturated carbocycles. The summed E-state index contributed by atoms with van der Waals surface area (Å²) in [4.78, 5) is 12.2. The first kappa shape index (κ1) is 18.8. The lowest BCUT2D eigenvalue weighted by Gasteiger charge is -2.23. The Kier molecular flexibility index (Phi) is 7.95. The van der Waals surface area contributed by atoms with Gasteiger partial charge >= 0.3 is 0 Å². The molecule has 0 saturated heterocycles. The Hall–Kier alpha value is 0.800. The molecule has 112 valence electrons. The lowest BCUT2D eigenvalue weighted by molar-refractivity contribution is 0.0243. The van der Waals surface area contributed by atoms with Gasteiger partial charge in [-0.25, -0.2) is 0 Å². The number of methoxy groups -OCH3 is 1. The molecule has 0 heterocycles. The van der Waals surface area contributed by atoms with Crippen LogP contribution in [0, 0.1) is 10.7 Å². The Balaban J connectivity index is 2.73. The minimum Gasteiger partial charge on any atom is -0.388 e. The number of carbonyl (C=O) groups is 1. The summed E-state index contributed by atoms with van der Waals surface area (Å²) in [6.07, 6.45) is 0.477. The predicted molar refractivity (Wildman–Crippen MR) is 104 cm³/mol. The van der Waals surface area contributed by atoms with Crippen LogP contribution < -0.4 is 5.32 Å². The lowest BCUT2D eigenvalue weighted by Crippen LogP contribution is -2.41. The molecule has 0 aliphatic heterocycles. The van der Waals surface area contributed by atoms with Crippen LogP contribution in [0.4, 0.5) is 0 Å². The van der Waals surface area contributed by atoms with Crippen molar-refractivity contribution in [3.8, 4) is 0 Å². The van der Waals surface area contributed by atoms with Gasteiger partial charge in [0.15, 0.2) is 0 Å². The molecule has 1 aromatic carbocycles. The monoisotopic (exact) mass is 615 g/mol. The zero-order chi connectivity index (χ0) is 15.3. The van der Waals surface area contributed by atoms with Gasteiger partial charge in [-0.3, -0.25) is 4.79 Å². The van der Waals surface area contributed by atoms with Crippen LogP contribution >= 0.6 is 67.8 Å². The Morgan fingerprint density at radius 2 is 2.05 bits per heavy atom. The van der Waals surface area contributed by atoms with Gasteiger partial charge in [-0.15, -0.1) is 0 Å². The van der Waals surface area contributed by atoms with E-state index < -0.39 is 5.60 Å². The van der Waals surface area contributed by atoms with Gasteiger partial charge in [0.1, 0.15) is 0 Å². The predicted octanol–water partition coefficient (Wildman–Crippen LogP) is 3.02. The van der Waals surface area contributed by atoms with E-state index in [0.29, 0.717) is 18.6 Å². The number of amides is 1. The maximum atomic E-state index is 12.2. The quantitative estimate of drug-likeness (QED) is 0.383. The summed E-state index contributed by atoms with van der Waals surface area (Å²) >= 11 is 6.57.